The number of hydrogen-bond acceptors (Lipinski definition) is 2. The maximum Gasteiger partial charge on any atom is 0.449 e. The normalized spacial score (nSPS) is 12.3. The summed E-state index contributed by atoms with van der Waals surface area (Å²) in [6.07, 6.45) is -5.68. The van der Waals surface area contributed by atoms with Gasteiger partial charge in [0.05, 0.1) is 23.8 Å². The van der Waals surface area contributed by atoms with E-state index in [1.807, 2.05) is 0 Å². The number of hydrogen-bond donors (Lipinski definition) is 0. The topological polar surface area (TPSA) is 30.7 Å². The van der Waals surface area contributed by atoms with E-state index in [4.69, 9.17) is 0 Å². The highest BCUT2D eigenvalue weighted by molar-refractivity contribution is 5.92. The highest BCUT2D eigenvalue weighted by Crippen LogP contribution is 2.35. The number of fused-ring (bicyclic) bond motifs is 1. The quantitative estimate of drug-likeness (QED) is 0.654. The Kier molecular flexibility index (Phi) is 3.94. The highest BCUT2D eigenvalue weighted by atomic mass is 19.4. The van der Waals surface area contributed by atoms with Crippen molar-refractivity contribution in [2.24, 2.45) is 0 Å². The van der Waals surface area contributed by atoms with Gasteiger partial charge in [-0.15, -0.1) is 0 Å². The summed E-state index contributed by atoms with van der Waals surface area (Å²) in [5, 5.41) is 0. The number of pyridine rings is 1. The van der Waals surface area contributed by atoms with Crippen molar-refractivity contribution >= 4 is 11.0 Å². The second kappa shape index (κ2) is 5.81. The number of nitrogens with zero attached hydrogens (tertiary/aromatic N) is 3. The molecule has 1 aromatic carbocycles. The number of aromatic nitrogens is 3. The van der Waals surface area contributed by atoms with E-state index >= 15 is 0 Å². The van der Waals surface area contributed by atoms with Crippen molar-refractivity contribution < 1.29 is 26.3 Å². The molecule has 0 unspecified atom stereocenters. The van der Waals surface area contributed by atoms with Crippen LogP contribution in [-0.2, 0) is 12.7 Å². The monoisotopic (exact) mass is 345 g/mol. The number of alkyl halides is 5. The van der Waals surface area contributed by atoms with E-state index in [-0.39, 0.29) is 22.2 Å². The highest BCUT2D eigenvalue weighted by Gasteiger charge is 2.38. The average Bonchev–Trinajstić information content (AvgIpc) is 2.85. The Balaban J connectivity index is 2.29. The van der Waals surface area contributed by atoms with Crippen LogP contribution >= 0.6 is 0 Å². The Labute approximate surface area is 131 Å². The zero-order valence-electron chi connectivity index (χ0n) is 11.9. The van der Waals surface area contributed by atoms with Gasteiger partial charge in [-0.2, -0.15) is 13.2 Å². The van der Waals surface area contributed by atoms with E-state index in [9.17, 15) is 26.3 Å². The first-order valence-corrected chi connectivity index (χ1v) is 6.73. The molecule has 3 aromatic rings. The first-order valence-electron chi connectivity index (χ1n) is 6.73. The molecule has 3 rings (SSSR count). The van der Waals surface area contributed by atoms with Gasteiger partial charge in [0, 0.05) is 17.3 Å². The van der Waals surface area contributed by atoms with Gasteiger partial charge in [0.2, 0.25) is 5.82 Å². The molecule has 0 aliphatic rings. The molecule has 0 saturated carbocycles. The van der Waals surface area contributed by atoms with Crippen LogP contribution in [0.3, 0.4) is 0 Å². The Morgan fingerprint density at radius 1 is 1.12 bits per heavy atom. The van der Waals surface area contributed by atoms with Crippen LogP contribution in [0.5, 0.6) is 0 Å². The molecule has 24 heavy (non-hydrogen) atoms. The summed E-state index contributed by atoms with van der Waals surface area (Å²) in [7, 11) is 0. The molecule has 126 valence electrons. The van der Waals surface area contributed by atoms with E-state index in [2.05, 4.69) is 9.97 Å². The van der Waals surface area contributed by atoms with Crippen LogP contribution in [0.1, 0.15) is 5.82 Å². The zero-order valence-corrected chi connectivity index (χ0v) is 11.9. The summed E-state index contributed by atoms with van der Waals surface area (Å²) in [6.45, 7) is -1.14. The van der Waals surface area contributed by atoms with Gasteiger partial charge < -0.3 is 4.57 Å². The van der Waals surface area contributed by atoms with Crippen molar-refractivity contribution in [1.82, 2.24) is 14.5 Å². The van der Waals surface area contributed by atoms with Crippen molar-refractivity contribution in [2.75, 3.05) is 0 Å². The van der Waals surface area contributed by atoms with E-state index in [1.165, 1.54) is 24.4 Å². The van der Waals surface area contributed by atoms with Gasteiger partial charge in [-0.05, 0) is 12.1 Å². The van der Waals surface area contributed by atoms with Gasteiger partial charge >= 0.3 is 6.18 Å². The zero-order chi connectivity index (χ0) is 17.5. The van der Waals surface area contributed by atoms with Gasteiger partial charge in [0.25, 0.3) is 6.43 Å². The second-order valence-corrected chi connectivity index (χ2v) is 5.00. The lowest BCUT2D eigenvalue weighted by Gasteiger charge is -2.10. The van der Waals surface area contributed by atoms with Crippen LogP contribution in [-0.4, -0.2) is 21.0 Å². The van der Waals surface area contributed by atoms with Crippen molar-refractivity contribution in [2.45, 2.75) is 19.1 Å². The van der Waals surface area contributed by atoms with Crippen LogP contribution in [0, 0.1) is 5.82 Å². The lowest BCUT2D eigenvalue weighted by molar-refractivity contribution is -0.147. The first kappa shape index (κ1) is 16.3. The summed E-state index contributed by atoms with van der Waals surface area (Å²) >= 11 is 0. The molecule has 9 heteroatoms. The molecule has 0 atom stereocenters. The summed E-state index contributed by atoms with van der Waals surface area (Å²) in [6, 6.07) is 5.17. The summed E-state index contributed by atoms with van der Waals surface area (Å²) in [5.74, 6) is -2.10. The predicted octanol–water partition coefficient (Wildman–Crippen LogP) is 4.52. The number of para-hydroxylation sites is 1. The summed E-state index contributed by atoms with van der Waals surface area (Å²) in [4.78, 5) is 7.14. The lowest BCUT2D eigenvalue weighted by atomic mass is 10.1. The van der Waals surface area contributed by atoms with Gasteiger partial charge in [-0.25, -0.2) is 18.2 Å². The minimum Gasteiger partial charge on any atom is -0.315 e. The summed E-state index contributed by atoms with van der Waals surface area (Å²) in [5.41, 5.74) is 0.135. The molecule has 0 amide bonds. The van der Waals surface area contributed by atoms with E-state index in [0.717, 1.165) is 12.3 Å². The molecule has 0 aliphatic carbocycles. The maximum atomic E-state index is 13.3. The number of imidazole rings is 1. The van der Waals surface area contributed by atoms with Crippen molar-refractivity contribution in [3.63, 3.8) is 0 Å². The van der Waals surface area contributed by atoms with Crippen LogP contribution in [0.15, 0.2) is 36.7 Å². The molecule has 3 nitrogen and oxygen atoms in total. The first-order chi connectivity index (χ1) is 11.3. The third kappa shape index (κ3) is 2.93. The van der Waals surface area contributed by atoms with Crippen LogP contribution in [0.2, 0.25) is 0 Å². The molecule has 0 aliphatic heterocycles. The Hall–Kier alpha value is -2.58. The van der Waals surface area contributed by atoms with Crippen LogP contribution < -0.4 is 0 Å². The number of rotatable bonds is 3. The number of benzene rings is 1. The minimum atomic E-state index is -4.90. The fraction of sp³-hybridized carbons (Fsp3) is 0.200. The fourth-order valence-corrected chi connectivity index (χ4v) is 2.48. The fourth-order valence-electron chi connectivity index (χ4n) is 2.48. The van der Waals surface area contributed by atoms with Crippen molar-refractivity contribution in [3.05, 3.63) is 48.3 Å². The number of halogens is 6. The van der Waals surface area contributed by atoms with Crippen LogP contribution in [0.4, 0.5) is 26.3 Å². The van der Waals surface area contributed by atoms with Gasteiger partial charge in [0.15, 0.2) is 0 Å². The molecule has 2 aromatic heterocycles. The largest absolute Gasteiger partial charge is 0.449 e. The predicted molar refractivity (Wildman–Crippen MR) is 73.9 cm³/mol. The Morgan fingerprint density at radius 2 is 1.88 bits per heavy atom. The third-order valence-corrected chi connectivity index (χ3v) is 3.37. The van der Waals surface area contributed by atoms with Crippen molar-refractivity contribution in [1.29, 1.82) is 0 Å². The summed E-state index contributed by atoms with van der Waals surface area (Å²) < 4.78 is 78.6. The molecule has 2 heterocycles. The van der Waals surface area contributed by atoms with Crippen molar-refractivity contribution in [3.8, 4) is 11.1 Å². The van der Waals surface area contributed by atoms with Gasteiger partial charge in [-0.1, -0.05) is 12.1 Å². The van der Waals surface area contributed by atoms with Crippen LogP contribution in [0.25, 0.3) is 22.2 Å². The average molecular weight is 345 g/mol. The standard InChI is InChI=1S/C15H9F6N3/c16-9-4-8(5-22-6-9)10-2-1-3-11-13(10)23-14(15(19,20)21)24(11)7-12(17)18/h1-6,12H,7H2. The molecule has 0 bridgehead atoms. The maximum absolute atomic E-state index is 13.3. The third-order valence-electron chi connectivity index (χ3n) is 3.37. The molecule has 0 fully saturated rings. The molecule has 0 spiro atoms. The minimum absolute atomic E-state index is 0.107. The lowest BCUT2D eigenvalue weighted by Crippen LogP contribution is -2.17. The van der Waals surface area contributed by atoms with Gasteiger partial charge in [0.1, 0.15) is 5.82 Å². The van der Waals surface area contributed by atoms with Gasteiger partial charge in [-0.3, -0.25) is 4.98 Å². The smallest absolute Gasteiger partial charge is 0.315 e. The van der Waals surface area contributed by atoms with E-state index < -0.39 is 30.8 Å². The molecule has 0 N–H and O–H groups in total. The molecular formula is C15H9F6N3. The van der Waals surface area contributed by atoms with E-state index in [0.29, 0.717) is 4.57 Å². The Bertz CT molecular complexity index is 885. The molecular weight excluding hydrogens is 336 g/mol. The molecule has 0 radical (unpaired) electrons. The SMILES string of the molecule is Fc1cncc(-c2cccc3c2nc(C(F)(F)F)n3CC(F)F)c1. The molecule has 0 saturated heterocycles. The Morgan fingerprint density at radius 3 is 2.50 bits per heavy atom. The second-order valence-electron chi connectivity index (χ2n) is 5.00. The van der Waals surface area contributed by atoms with E-state index in [1.54, 1.807) is 0 Å².